The zero-order valence-corrected chi connectivity index (χ0v) is 14.8. The van der Waals surface area contributed by atoms with Crippen molar-refractivity contribution < 1.29 is 14.6 Å². The molecule has 132 valence electrons. The molecular weight excluding hydrogens is 308 g/mol. The molecule has 1 aromatic rings. The third-order valence-corrected chi connectivity index (χ3v) is 4.65. The molecule has 0 saturated carbocycles. The van der Waals surface area contributed by atoms with E-state index in [1.165, 1.54) is 0 Å². The van der Waals surface area contributed by atoms with Gasteiger partial charge in [0.1, 0.15) is 11.6 Å². The largest absolute Gasteiger partial charge is 0.391 e. The highest BCUT2D eigenvalue weighted by atomic mass is 16.5. The van der Waals surface area contributed by atoms with E-state index < -0.39 is 11.5 Å². The number of aromatic nitrogens is 2. The lowest BCUT2D eigenvalue weighted by Gasteiger charge is -2.52. The molecule has 2 fully saturated rings. The van der Waals surface area contributed by atoms with Gasteiger partial charge in [-0.25, -0.2) is 9.97 Å². The van der Waals surface area contributed by atoms with Gasteiger partial charge < -0.3 is 20.1 Å². The molecule has 2 saturated heterocycles. The van der Waals surface area contributed by atoms with Gasteiger partial charge in [0.2, 0.25) is 5.91 Å². The van der Waals surface area contributed by atoms with E-state index in [2.05, 4.69) is 36.0 Å². The van der Waals surface area contributed by atoms with Gasteiger partial charge in [0, 0.05) is 38.2 Å². The van der Waals surface area contributed by atoms with E-state index in [0.717, 1.165) is 17.3 Å². The lowest BCUT2D eigenvalue weighted by Crippen LogP contribution is -2.68. The van der Waals surface area contributed by atoms with E-state index in [1.54, 1.807) is 7.11 Å². The van der Waals surface area contributed by atoms with Crippen molar-refractivity contribution in [2.24, 2.45) is 5.41 Å². The first-order chi connectivity index (χ1) is 11.2. The summed E-state index contributed by atoms with van der Waals surface area (Å²) < 4.78 is 5.22. The first-order valence-electron chi connectivity index (χ1n) is 8.32. The second-order valence-corrected chi connectivity index (χ2v) is 7.93. The molecule has 2 aliphatic rings. The molecule has 24 heavy (non-hydrogen) atoms. The highest BCUT2D eigenvalue weighted by Gasteiger charge is 2.52. The van der Waals surface area contributed by atoms with Gasteiger partial charge in [0.15, 0.2) is 0 Å². The van der Waals surface area contributed by atoms with Crippen molar-refractivity contribution in [2.75, 3.05) is 31.6 Å². The number of aliphatic hydroxyl groups excluding tert-OH is 1. The van der Waals surface area contributed by atoms with Gasteiger partial charge in [-0.2, -0.15) is 0 Å². The lowest BCUT2D eigenvalue weighted by molar-refractivity contribution is -0.139. The minimum Gasteiger partial charge on any atom is -0.391 e. The molecule has 2 aliphatic heterocycles. The normalized spacial score (nSPS) is 23.1. The molecule has 3 rings (SSSR count). The summed E-state index contributed by atoms with van der Waals surface area (Å²) in [4.78, 5) is 23.6. The summed E-state index contributed by atoms with van der Waals surface area (Å²) in [6.45, 7) is 8.14. The summed E-state index contributed by atoms with van der Waals surface area (Å²) in [6.07, 6.45) is 0.0433. The number of ether oxygens (including phenoxy) is 1. The highest BCUT2D eigenvalue weighted by Crippen LogP contribution is 2.40. The Morgan fingerprint density at radius 3 is 2.75 bits per heavy atom. The number of rotatable bonds is 3. The lowest BCUT2D eigenvalue weighted by atomic mass is 9.72. The number of aliphatic hydroxyl groups is 1. The number of nitrogens with one attached hydrogen (secondary N) is 1. The van der Waals surface area contributed by atoms with Crippen LogP contribution >= 0.6 is 0 Å². The number of carbonyl (C=O) groups is 1. The van der Waals surface area contributed by atoms with E-state index in [4.69, 9.17) is 9.72 Å². The third-order valence-electron chi connectivity index (χ3n) is 4.65. The smallest absolute Gasteiger partial charge is 0.230 e. The second kappa shape index (κ2) is 5.97. The standard InChI is InChI=1S/C17H26N4O3/c1-16(2,3)14-19-11(8-24-4)5-13(20-14)21-9-17(10-21)6-12(22)7-18-15(17)23/h5,12,22H,6-10H2,1-4H3,(H,18,23). The van der Waals surface area contributed by atoms with Crippen LogP contribution < -0.4 is 10.2 Å². The number of methoxy groups -OCH3 is 1. The topological polar surface area (TPSA) is 87.6 Å². The van der Waals surface area contributed by atoms with Gasteiger partial charge in [-0.05, 0) is 6.42 Å². The molecule has 0 aliphatic carbocycles. The van der Waals surface area contributed by atoms with Crippen LogP contribution in [0.2, 0.25) is 0 Å². The number of β-amino-alcohol motifs (C(OH)–C–C–N with tert-alkyl or cyclic N) is 1. The fourth-order valence-corrected chi connectivity index (χ4v) is 3.34. The van der Waals surface area contributed by atoms with Crippen molar-refractivity contribution in [3.8, 4) is 0 Å². The molecule has 0 aromatic carbocycles. The number of hydrogen-bond acceptors (Lipinski definition) is 6. The molecule has 0 radical (unpaired) electrons. The predicted octanol–water partition coefficient (Wildman–Crippen LogP) is 0.608. The van der Waals surface area contributed by atoms with E-state index in [1.807, 2.05) is 6.07 Å². The summed E-state index contributed by atoms with van der Waals surface area (Å²) >= 11 is 0. The van der Waals surface area contributed by atoms with E-state index >= 15 is 0 Å². The van der Waals surface area contributed by atoms with Gasteiger partial charge in [0.25, 0.3) is 0 Å². The van der Waals surface area contributed by atoms with Crippen LogP contribution in [0.15, 0.2) is 6.07 Å². The average Bonchev–Trinajstić information content (AvgIpc) is 2.46. The fourth-order valence-electron chi connectivity index (χ4n) is 3.34. The van der Waals surface area contributed by atoms with Gasteiger partial charge in [-0.3, -0.25) is 4.79 Å². The maximum Gasteiger partial charge on any atom is 0.230 e. The van der Waals surface area contributed by atoms with Crippen molar-refractivity contribution in [2.45, 2.75) is 45.3 Å². The zero-order chi connectivity index (χ0) is 17.5. The van der Waals surface area contributed by atoms with E-state index in [-0.39, 0.29) is 11.3 Å². The van der Waals surface area contributed by atoms with Crippen LogP contribution in [0.25, 0.3) is 0 Å². The Bertz CT molecular complexity index is 635. The average molecular weight is 334 g/mol. The maximum atomic E-state index is 12.2. The van der Waals surface area contributed by atoms with Gasteiger partial charge >= 0.3 is 0 Å². The molecule has 1 amide bonds. The SMILES string of the molecule is COCc1cc(N2CC3(CC(O)CNC3=O)C2)nc(C(C)(C)C)n1. The second-order valence-electron chi connectivity index (χ2n) is 7.93. The first-order valence-corrected chi connectivity index (χ1v) is 8.32. The maximum absolute atomic E-state index is 12.2. The number of anilines is 1. The van der Waals surface area contributed by atoms with Crippen LogP contribution in [0.3, 0.4) is 0 Å². The number of amides is 1. The predicted molar refractivity (Wildman–Crippen MR) is 89.7 cm³/mol. The van der Waals surface area contributed by atoms with Crippen LogP contribution in [0, 0.1) is 5.41 Å². The molecule has 1 unspecified atom stereocenters. The van der Waals surface area contributed by atoms with Crippen molar-refractivity contribution in [1.29, 1.82) is 0 Å². The monoisotopic (exact) mass is 334 g/mol. The van der Waals surface area contributed by atoms with Gasteiger partial charge in [-0.1, -0.05) is 20.8 Å². The number of carbonyl (C=O) groups excluding carboxylic acids is 1. The molecular formula is C17H26N4O3. The van der Waals surface area contributed by atoms with E-state index in [9.17, 15) is 9.90 Å². The Labute approximate surface area is 142 Å². The molecule has 1 aromatic heterocycles. The van der Waals surface area contributed by atoms with Crippen LogP contribution in [0.5, 0.6) is 0 Å². The minimum absolute atomic E-state index is 0.0336. The van der Waals surface area contributed by atoms with Crippen LogP contribution in [-0.4, -0.2) is 53.8 Å². The highest BCUT2D eigenvalue weighted by molar-refractivity contribution is 5.87. The minimum atomic E-state index is -0.494. The van der Waals surface area contributed by atoms with Crippen LogP contribution in [-0.2, 0) is 21.6 Å². The molecule has 0 bridgehead atoms. The van der Waals surface area contributed by atoms with Crippen LogP contribution in [0.1, 0.15) is 38.7 Å². The summed E-state index contributed by atoms with van der Waals surface area (Å²) in [5.74, 6) is 1.62. The summed E-state index contributed by atoms with van der Waals surface area (Å²) in [5.41, 5.74) is 0.173. The summed E-state index contributed by atoms with van der Waals surface area (Å²) in [6, 6.07) is 1.92. The molecule has 1 spiro atoms. The van der Waals surface area contributed by atoms with Gasteiger partial charge in [-0.15, -0.1) is 0 Å². The van der Waals surface area contributed by atoms with Crippen molar-refractivity contribution in [3.05, 3.63) is 17.6 Å². The van der Waals surface area contributed by atoms with Crippen molar-refractivity contribution in [3.63, 3.8) is 0 Å². The zero-order valence-electron chi connectivity index (χ0n) is 14.8. The molecule has 1 atom stereocenters. The molecule has 2 N–H and O–H groups in total. The van der Waals surface area contributed by atoms with Crippen LogP contribution in [0.4, 0.5) is 5.82 Å². The summed E-state index contributed by atoms with van der Waals surface area (Å²) in [5, 5.41) is 12.7. The number of nitrogens with zero attached hydrogens (tertiary/aromatic N) is 3. The quantitative estimate of drug-likeness (QED) is 0.842. The first kappa shape index (κ1) is 17.1. The Balaban J connectivity index is 1.83. The molecule has 7 heteroatoms. The van der Waals surface area contributed by atoms with Gasteiger partial charge in [0.05, 0.1) is 23.8 Å². The van der Waals surface area contributed by atoms with E-state index in [0.29, 0.717) is 32.7 Å². The molecule has 7 nitrogen and oxygen atoms in total. The Morgan fingerprint density at radius 1 is 1.42 bits per heavy atom. The van der Waals surface area contributed by atoms with Crippen molar-refractivity contribution >= 4 is 11.7 Å². The summed E-state index contributed by atoms with van der Waals surface area (Å²) in [7, 11) is 1.64. The number of hydrogen-bond donors (Lipinski definition) is 2. The Kier molecular flexibility index (Phi) is 4.25. The Morgan fingerprint density at radius 2 is 2.12 bits per heavy atom. The Hall–Kier alpha value is -1.73. The van der Waals surface area contributed by atoms with Crippen molar-refractivity contribution in [1.82, 2.24) is 15.3 Å². The molecule has 3 heterocycles. The number of piperidine rings is 1. The third kappa shape index (κ3) is 3.10. The fraction of sp³-hybridized carbons (Fsp3) is 0.706.